The quantitative estimate of drug-likeness (QED) is 0.482. The van der Waals surface area contributed by atoms with Crippen molar-refractivity contribution < 1.29 is 0 Å². The van der Waals surface area contributed by atoms with Gasteiger partial charge in [0.25, 0.3) is 0 Å². The Morgan fingerprint density at radius 3 is 2.45 bits per heavy atom. The van der Waals surface area contributed by atoms with Crippen molar-refractivity contribution >= 4 is 59.7 Å². The topological polar surface area (TPSA) is 94.6 Å². The molecule has 2 aromatic rings. The van der Waals surface area contributed by atoms with E-state index in [1.807, 2.05) is 4.57 Å². The fraction of sp³-hybridized carbons (Fsp3) is 0.0833. The van der Waals surface area contributed by atoms with E-state index in [0.717, 1.165) is 0 Å². The van der Waals surface area contributed by atoms with E-state index >= 15 is 0 Å². The molecule has 0 fully saturated rings. The van der Waals surface area contributed by atoms with Crippen molar-refractivity contribution in [1.29, 1.82) is 0 Å². The van der Waals surface area contributed by atoms with E-state index in [1.54, 1.807) is 36.9 Å². The van der Waals surface area contributed by atoms with Crippen LogP contribution >= 0.6 is 48.0 Å². The van der Waals surface area contributed by atoms with Crippen LogP contribution in [0.25, 0.3) is 0 Å². The van der Waals surface area contributed by atoms with Crippen molar-refractivity contribution in [2.45, 2.75) is 6.54 Å². The number of hydrogen-bond donors (Lipinski definition) is 2. The molecule has 1 aromatic heterocycles. The Morgan fingerprint density at radius 2 is 1.91 bits per heavy atom. The summed E-state index contributed by atoms with van der Waals surface area (Å²) in [6, 6.07) is 5.13. The fourth-order valence-electron chi connectivity index (χ4n) is 1.57. The third-order valence-electron chi connectivity index (χ3n) is 2.42. The molecule has 0 bridgehead atoms. The number of nitrogens with zero attached hydrogens (tertiary/aromatic N) is 4. The van der Waals surface area contributed by atoms with E-state index in [4.69, 9.17) is 34.7 Å². The fourth-order valence-corrected chi connectivity index (χ4v) is 2.08. The second-order valence-corrected chi connectivity index (χ2v) is 4.77. The molecule has 0 aliphatic carbocycles. The van der Waals surface area contributed by atoms with Gasteiger partial charge in [0.05, 0.1) is 23.6 Å². The van der Waals surface area contributed by atoms with E-state index in [1.165, 1.54) is 0 Å². The zero-order valence-corrected chi connectivity index (χ0v) is 14.3. The lowest BCUT2D eigenvalue weighted by molar-refractivity contribution is 0.846. The average Bonchev–Trinajstić information content (AvgIpc) is 2.87. The molecular weight excluding hydrogens is 370 g/mol. The van der Waals surface area contributed by atoms with Crippen LogP contribution in [0.5, 0.6) is 0 Å². The van der Waals surface area contributed by atoms with Gasteiger partial charge >= 0.3 is 0 Å². The predicted octanol–water partition coefficient (Wildman–Crippen LogP) is 2.71. The minimum atomic E-state index is -0.127. The molecule has 2 rings (SSSR count). The van der Waals surface area contributed by atoms with Crippen LogP contribution < -0.4 is 11.5 Å². The lowest BCUT2D eigenvalue weighted by Crippen LogP contribution is -2.22. The number of aromatic nitrogens is 2. The lowest BCUT2D eigenvalue weighted by atomic mass is 10.1. The molecule has 0 atom stereocenters. The number of hydrogen-bond acceptors (Lipinski definition) is 3. The Bertz CT molecular complexity index is 650. The molecule has 0 aliphatic heterocycles. The molecule has 0 aliphatic rings. The summed E-state index contributed by atoms with van der Waals surface area (Å²) in [5.41, 5.74) is 11.9. The van der Waals surface area contributed by atoms with E-state index in [-0.39, 0.29) is 30.8 Å². The summed E-state index contributed by atoms with van der Waals surface area (Å²) in [6.07, 6.45) is 5.13. The van der Waals surface area contributed by atoms with Gasteiger partial charge in [0.1, 0.15) is 0 Å². The highest BCUT2D eigenvalue weighted by Gasteiger charge is 2.10. The zero-order valence-electron chi connectivity index (χ0n) is 11.2. The first kappa shape index (κ1) is 20.5. The number of rotatable bonds is 4. The third kappa shape index (κ3) is 5.73. The summed E-state index contributed by atoms with van der Waals surface area (Å²) in [6.45, 7) is 0.429. The number of benzene rings is 1. The SMILES string of the molecule is Cl.Cl.NC(N)=N/N=C(/Cn1ccnc1)c1ccc(Cl)cc1Cl. The van der Waals surface area contributed by atoms with E-state index in [0.29, 0.717) is 27.9 Å². The van der Waals surface area contributed by atoms with Crippen LogP contribution in [0.2, 0.25) is 10.0 Å². The maximum atomic E-state index is 6.18. The highest BCUT2D eigenvalue weighted by Crippen LogP contribution is 2.22. The molecule has 0 unspecified atom stereocenters. The van der Waals surface area contributed by atoms with E-state index in [9.17, 15) is 0 Å². The first-order valence-electron chi connectivity index (χ1n) is 5.63. The van der Waals surface area contributed by atoms with Gasteiger partial charge in [-0.3, -0.25) is 0 Å². The number of imidazole rings is 1. The van der Waals surface area contributed by atoms with Gasteiger partial charge in [0.15, 0.2) is 0 Å². The molecule has 22 heavy (non-hydrogen) atoms. The number of guanidine groups is 1. The van der Waals surface area contributed by atoms with E-state index < -0.39 is 0 Å². The molecular formula is C12H14Cl4N6. The van der Waals surface area contributed by atoms with Gasteiger partial charge in [-0.05, 0) is 12.1 Å². The van der Waals surface area contributed by atoms with Crippen molar-refractivity contribution in [3.8, 4) is 0 Å². The second kappa shape index (κ2) is 9.53. The Kier molecular flexibility index (Phi) is 8.89. The minimum absolute atomic E-state index is 0. The van der Waals surface area contributed by atoms with Crippen LogP contribution in [0.15, 0.2) is 47.1 Å². The van der Waals surface area contributed by atoms with Crippen LogP contribution in [-0.4, -0.2) is 21.2 Å². The van der Waals surface area contributed by atoms with Gasteiger partial charge in [-0.2, -0.15) is 0 Å². The molecule has 0 radical (unpaired) electrons. The Balaban J connectivity index is 0.00000220. The maximum Gasteiger partial charge on any atom is 0.211 e. The molecule has 0 amide bonds. The van der Waals surface area contributed by atoms with Crippen molar-refractivity contribution in [3.05, 3.63) is 52.5 Å². The lowest BCUT2D eigenvalue weighted by Gasteiger charge is -2.08. The summed E-state index contributed by atoms with van der Waals surface area (Å²) in [4.78, 5) is 3.97. The molecule has 0 spiro atoms. The van der Waals surface area contributed by atoms with Crippen LogP contribution in [0.3, 0.4) is 0 Å². The van der Waals surface area contributed by atoms with Gasteiger partial charge in [-0.25, -0.2) is 4.98 Å². The van der Waals surface area contributed by atoms with Gasteiger partial charge in [-0.1, -0.05) is 29.3 Å². The van der Waals surface area contributed by atoms with Crippen LogP contribution in [0, 0.1) is 0 Å². The minimum Gasteiger partial charge on any atom is -0.369 e. The average molecular weight is 384 g/mol. The molecule has 1 heterocycles. The summed E-state index contributed by atoms with van der Waals surface area (Å²) >= 11 is 12.1. The standard InChI is InChI=1S/C12H12Cl2N6.2ClH/c13-8-1-2-9(10(14)5-8)11(18-19-12(15)16)6-20-4-3-17-7-20;;/h1-5,7H,6H2,(H4,15,16,19);2*1H/b18-11-;;. The smallest absolute Gasteiger partial charge is 0.211 e. The first-order valence-corrected chi connectivity index (χ1v) is 6.38. The van der Waals surface area contributed by atoms with E-state index in [2.05, 4.69) is 15.2 Å². The molecule has 4 N–H and O–H groups in total. The highest BCUT2D eigenvalue weighted by atomic mass is 35.5. The summed E-state index contributed by atoms with van der Waals surface area (Å²) in [5.74, 6) is -0.127. The normalized spacial score (nSPS) is 10.4. The van der Waals surface area contributed by atoms with Crippen molar-refractivity contribution in [3.63, 3.8) is 0 Å². The van der Waals surface area contributed by atoms with Crippen molar-refractivity contribution in [1.82, 2.24) is 9.55 Å². The van der Waals surface area contributed by atoms with Crippen molar-refractivity contribution in [2.75, 3.05) is 0 Å². The largest absolute Gasteiger partial charge is 0.369 e. The molecule has 120 valence electrons. The number of nitrogens with two attached hydrogens (primary N) is 2. The molecule has 0 saturated carbocycles. The molecule has 0 saturated heterocycles. The van der Waals surface area contributed by atoms with Crippen LogP contribution in [0.1, 0.15) is 5.56 Å². The maximum absolute atomic E-state index is 6.18. The molecule has 10 heteroatoms. The summed E-state index contributed by atoms with van der Waals surface area (Å²) < 4.78 is 1.83. The van der Waals surface area contributed by atoms with Crippen molar-refractivity contribution in [2.24, 2.45) is 21.7 Å². The Hall–Kier alpha value is -1.47. The zero-order chi connectivity index (χ0) is 14.5. The van der Waals surface area contributed by atoms with Gasteiger partial charge in [0, 0.05) is 23.0 Å². The predicted molar refractivity (Wildman–Crippen MR) is 95.5 cm³/mol. The van der Waals surface area contributed by atoms with Gasteiger partial charge < -0.3 is 16.0 Å². The molecule has 6 nitrogen and oxygen atoms in total. The highest BCUT2D eigenvalue weighted by molar-refractivity contribution is 6.37. The third-order valence-corrected chi connectivity index (χ3v) is 2.97. The van der Waals surface area contributed by atoms with Crippen LogP contribution in [-0.2, 0) is 6.54 Å². The Morgan fingerprint density at radius 1 is 1.18 bits per heavy atom. The first-order chi connectivity index (χ1) is 9.56. The molecule has 1 aromatic carbocycles. The van der Waals surface area contributed by atoms with Crippen LogP contribution in [0.4, 0.5) is 0 Å². The Labute approximate surface area is 150 Å². The van der Waals surface area contributed by atoms with Gasteiger partial charge in [-0.15, -0.1) is 35.0 Å². The summed E-state index contributed by atoms with van der Waals surface area (Å²) in [7, 11) is 0. The van der Waals surface area contributed by atoms with Gasteiger partial charge in [0.2, 0.25) is 5.96 Å². The monoisotopic (exact) mass is 382 g/mol. The summed E-state index contributed by atoms with van der Waals surface area (Å²) in [5, 5.41) is 8.74. The number of halogens is 4. The second-order valence-electron chi connectivity index (χ2n) is 3.93.